The molecule has 0 saturated carbocycles. The Labute approximate surface area is 139 Å². The molecule has 1 aromatic rings. The highest BCUT2D eigenvalue weighted by molar-refractivity contribution is 5.86. The molecule has 0 spiro atoms. The predicted molar refractivity (Wildman–Crippen MR) is 92.7 cm³/mol. The van der Waals surface area contributed by atoms with Gasteiger partial charge in [-0.1, -0.05) is 12.5 Å². The summed E-state index contributed by atoms with van der Waals surface area (Å²) in [5.74, 6) is 0.643. The van der Waals surface area contributed by atoms with Gasteiger partial charge in [-0.25, -0.2) is 9.78 Å². The number of pyridine rings is 1. The van der Waals surface area contributed by atoms with Crippen molar-refractivity contribution >= 4 is 11.9 Å². The fourth-order valence-corrected chi connectivity index (χ4v) is 2.95. The fraction of sp³-hybridized carbons (Fsp3) is 0.667. The van der Waals surface area contributed by atoms with Gasteiger partial charge in [0.25, 0.3) is 0 Å². The number of hydrogen-bond acceptors (Lipinski definition) is 4. The van der Waals surface area contributed by atoms with Gasteiger partial charge in [-0.15, -0.1) is 0 Å². The Balaban J connectivity index is 2.12. The number of nitrogens with zero attached hydrogens (tertiary/aromatic N) is 3. The SMILES string of the molecule is CCN(C(=O)OC(C)(C)C)c1ccc([C@H]2CCCCN2C)cn1. The lowest BCUT2D eigenvalue weighted by molar-refractivity contribution is 0.0581. The molecule has 0 radical (unpaired) electrons. The molecule has 1 amide bonds. The van der Waals surface area contributed by atoms with E-state index in [4.69, 9.17) is 4.74 Å². The molecule has 2 rings (SSSR count). The van der Waals surface area contributed by atoms with Crippen molar-refractivity contribution < 1.29 is 9.53 Å². The third kappa shape index (κ3) is 4.67. The van der Waals surface area contributed by atoms with Crippen LogP contribution in [0.25, 0.3) is 0 Å². The van der Waals surface area contributed by atoms with E-state index in [0.29, 0.717) is 18.4 Å². The van der Waals surface area contributed by atoms with Crippen molar-refractivity contribution in [3.05, 3.63) is 23.9 Å². The van der Waals surface area contributed by atoms with Gasteiger partial charge in [0.1, 0.15) is 11.4 Å². The van der Waals surface area contributed by atoms with Crippen molar-refractivity contribution in [1.29, 1.82) is 0 Å². The van der Waals surface area contributed by atoms with Gasteiger partial charge in [0, 0.05) is 18.8 Å². The smallest absolute Gasteiger partial charge is 0.415 e. The molecule has 0 aromatic carbocycles. The summed E-state index contributed by atoms with van der Waals surface area (Å²) < 4.78 is 5.45. The molecule has 23 heavy (non-hydrogen) atoms. The van der Waals surface area contributed by atoms with Crippen LogP contribution in [0, 0.1) is 0 Å². The summed E-state index contributed by atoms with van der Waals surface area (Å²) in [6.07, 6.45) is 5.24. The van der Waals surface area contributed by atoms with Gasteiger partial charge in [-0.05, 0) is 65.8 Å². The van der Waals surface area contributed by atoms with Crippen LogP contribution < -0.4 is 4.90 Å². The summed E-state index contributed by atoms with van der Waals surface area (Å²) in [7, 11) is 2.16. The topological polar surface area (TPSA) is 45.7 Å². The average Bonchev–Trinajstić information content (AvgIpc) is 2.47. The first-order valence-electron chi connectivity index (χ1n) is 8.48. The highest BCUT2D eigenvalue weighted by Gasteiger charge is 2.24. The number of rotatable bonds is 3. The number of piperidine rings is 1. The van der Waals surface area contributed by atoms with Gasteiger partial charge >= 0.3 is 6.09 Å². The van der Waals surface area contributed by atoms with Gasteiger partial charge < -0.3 is 4.74 Å². The summed E-state index contributed by atoms with van der Waals surface area (Å²) in [5, 5.41) is 0. The predicted octanol–water partition coefficient (Wildman–Crippen LogP) is 4.00. The summed E-state index contributed by atoms with van der Waals surface area (Å²) in [4.78, 5) is 20.7. The van der Waals surface area contributed by atoms with E-state index in [1.807, 2.05) is 40.0 Å². The van der Waals surface area contributed by atoms with E-state index in [-0.39, 0.29) is 6.09 Å². The molecule has 1 atom stereocenters. The van der Waals surface area contributed by atoms with E-state index in [0.717, 1.165) is 6.54 Å². The van der Waals surface area contributed by atoms with Crippen molar-refractivity contribution in [2.45, 2.75) is 58.6 Å². The van der Waals surface area contributed by atoms with Gasteiger partial charge in [0.05, 0.1) is 0 Å². The number of aromatic nitrogens is 1. The molecule has 1 aliphatic rings. The van der Waals surface area contributed by atoms with Crippen molar-refractivity contribution in [3.8, 4) is 0 Å². The van der Waals surface area contributed by atoms with E-state index < -0.39 is 5.60 Å². The quantitative estimate of drug-likeness (QED) is 0.845. The molecule has 0 N–H and O–H groups in total. The van der Waals surface area contributed by atoms with Crippen LogP contribution in [0.15, 0.2) is 18.3 Å². The van der Waals surface area contributed by atoms with Gasteiger partial charge in [0.2, 0.25) is 0 Å². The minimum Gasteiger partial charge on any atom is -0.443 e. The monoisotopic (exact) mass is 319 g/mol. The van der Waals surface area contributed by atoms with Crippen LogP contribution in [0.1, 0.15) is 58.6 Å². The van der Waals surface area contributed by atoms with Crippen LogP contribution in [-0.2, 0) is 4.74 Å². The molecule has 1 aromatic heterocycles. The summed E-state index contributed by atoms with van der Waals surface area (Å²) >= 11 is 0. The maximum absolute atomic E-state index is 12.3. The van der Waals surface area contributed by atoms with Crippen LogP contribution in [0.3, 0.4) is 0 Å². The van der Waals surface area contributed by atoms with Gasteiger partial charge in [0.15, 0.2) is 0 Å². The highest BCUT2D eigenvalue weighted by Crippen LogP contribution is 2.29. The normalized spacial score (nSPS) is 19.4. The Morgan fingerprint density at radius 2 is 2.13 bits per heavy atom. The second-order valence-electron chi connectivity index (χ2n) is 7.17. The van der Waals surface area contributed by atoms with E-state index in [1.165, 1.54) is 24.8 Å². The fourth-order valence-electron chi connectivity index (χ4n) is 2.95. The summed E-state index contributed by atoms with van der Waals surface area (Å²) in [6, 6.07) is 4.44. The molecule has 5 nitrogen and oxygen atoms in total. The van der Waals surface area contributed by atoms with E-state index in [1.54, 1.807) is 4.90 Å². The van der Waals surface area contributed by atoms with Crippen LogP contribution in [0.2, 0.25) is 0 Å². The molecule has 5 heteroatoms. The zero-order valence-corrected chi connectivity index (χ0v) is 15.0. The van der Waals surface area contributed by atoms with Gasteiger partial charge in [-0.3, -0.25) is 9.80 Å². The molecular formula is C18H29N3O2. The third-order valence-corrected chi connectivity index (χ3v) is 4.13. The van der Waals surface area contributed by atoms with E-state index in [2.05, 4.69) is 23.0 Å². The Bertz CT molecular complexity index is 522. The number of hydrogen-bond donors (Lipinski definition) is 0. The molecule has 1 fully saturated rings. The maximum atomic E-state index is 12.3. The molecule has 2 heterocycles. The van der Waals surface area contributed by atoms with Crippen LogP contribution in [0.5, 0.6) is 0 Å². The van der Waals surface area contributed by atoms with Crippen molar-refractivity contribution in [1.82, 2.24) is 9.88 Å². The molecular weight excluding hydrogens is 290 g/mol. The van der Waals surface area contributed by atoms with Crippen molar-refractivity contribution in [2.75, 3.05) is 25.0 Å². The zero-order chi connectivity index (χ0) is 17.0. The Morgan fingerprint density at radius 1 is 1.39 bits per heavy atom. The molecule has 0 aliphatic carbocycles. The number of amides is 1. The second kappa shape index (κ2) is 7.30. The van der Waals surface area contributed by atoms with Crippen LogP contribution >= 0.6 is 0 Å². The average molecular weight is 319 g/mol. The summed E-state index contributed by atoms with van der Waals surface area (Å²) in [5.41, 5.74) is 0.714. The number of carbonyl (C=O) groups is 1. The van der Waals surface area contributed by atoms with E-state index >= 15 is 0 Å². The van der Waals surface area contributed by atoms with Crippen LogP contribution in [-0.4, -0.2) is 41.7 Å². The Kier molecular flexibility index (Phi) is 5.63. The number of likely N-dealkylation sites (tertiary alicyclic amines) is 1. The maximum Gasteiger partial charge on any atom is 0.415 e. The Hall–Kier alpha value is -1.62. The molecule has 0 bridgehead atoms. The zero-order valence-electron chi connectivity index (χ0n) is 15.0. The highest BCUT2D eigenvalue weighted by atomic mass is 16.6. The van der Waals surface area contributed by atoms with E-state index in [9.17, 15) is 4.79 Å². The molecule has 0 unspecified atom stereocenters. The summed E-state index contributed by atoms with van der Waals surface area (Å²) in [6.45, 7) is 9.20. The number of carbonyl (C=O) groups excluding carboxylic acids is 1. The lowest BCUT2D eigenvalue weighted by Gasteiger charge is -2.32. The molecule has 1 saturated heterocycles. The Morgan fingerprint density at radius 3 is 2.65 bits per heavy atom. The first kappa shape index (κ1) is 17.7. The minimum absolute atomic E-state index is 0.352. The van der Waals surface area contributed by atoms with Crippen molar-refractivity contribution in [3.63, 3.8) is 0 Å². The second-order valence-corrected chi connectivity index (χ2v) is 7.17. The number of ether oxygens (including phenoxy) is 1. The standard InChI is InChI=1S/C18H29N3O2/c1-6-21(17(22)23-18(2,3)4)16-11-10-14(13-19-16)15-9-7-8-12-20(15)5/h10-11,13,15H,6-9,12H2,1-5H3/t15-/m1/s1. The third-order valence-electron chi connectivity index (χ3n) is 4.13. The van der Waals surface area contributed by atoms with Gasteiger partial charge in [-0.2, -0.15) is 0 Å². The number of anilines is 1. The lowest BCUT2D eigenvalue weighted by Crippen LogP contribution is -2.37. The van der Waals surface area contributed by atoms with Crippen molar-refractivity contribution in [2.24, 2.45) is 0 Å². The van der Waals surface area contributed by atoms with Crippen LogP contribution in [0.4, 0.5) is 10.6 Å². The first-order chi connectivity index (χ1) is 10.8. The molecule has 1 aliphatic heterocycles. The largest absolute Gasteiger partial charge is 0.443 e. The first-order valence-corrected chi connectivity index (χ1v) is 8.48. The minimum atomic E-state index is -0.505. The lowest BCUT2D eigenvalue weighted by atomic mass is 9.97. The molecule has 128 valence electrons.